The van der Waals surface area contributed by atoms with Crippen molar-refractivity contribution in [3.63, 3.8) is 0 Å². The third-order valence-corrected chi connectivity index (χ3v) is 5.64. The fourth-order valence-corrected chi connectivity index (χ4v) is 4.33. The molecule has 6 heteroatoms. The molecule has 0 N–H and O–H groups in total. The minimum absolute atomic E-state index is 0.116. The molecule has 0 unspecified atom stereocenters. The van der Waals surface area contributed by atoms with E-state index in [1.165, 1.54) is 16.0 Å². The molecule has 1 aliphatic rings. The first kappa shape index (κ1) is 15.1. The van der Waals surface area contributed by atoms with Crippen molar-refractivity contribution in [3.05, 3.63) is 63.0 Å². The van der Waals surface area contributed by atoms with Crippen LogP contribution in [0.25, 0.3) is 4.96 Å². The predicted octanol–water partition coefficient (Wildman–Crippen LogP) is 2.91. The standard InChI is InChI=1S/C18H17N3O2S/c1-20(12-7-3-2-4-8-12)16(22)13-11-19-18-21(17(13)23)14-9-5-6-10-15(14)24-18/h2-4,7-8,11H,5-6,9-10H2,1H3. The summed E-state index contributed by atoms with van der Waals surface area (Å²) < 4.78 is 1.64. The van der Waals surface area contributed by atoms with Crippen LogP contribution in [0.4, 0.5) is 5.69 Å². The van der Waals surface area contributed by atoms with Gasteiger partial charge in [0.25, 0.3) is 11.5 Å². The van der Waals surface area contributed by atoms with Crippen LogP contribution in [0.3, 0.4) is 0 Å². The average molecular weight is 339 g/mol. The minimum atomic E-state index is -0.330. The third-order valence-electron chi connectivity index (χ3n) is 4.48. The van der Waals surface area contributed by atoms with Gasteiger partial charge in [-0.2, -0.15) is 0 Å². The van der Waals surface area contributed by atoms with Crippen molar-refractivity contribution >= 4 is 27.9 Å². The number of hydrogen-bond donors (Lipinski definition) is 0. The number of hydrogen-bond acceptors (Lipinski definition) is 4. The number of fused-ring (bicyclic) bond motifs is 3. The Balaban J connectivity index is 1.81. The van der Waals surface area contributed by atoms with Crippen molar-refractivity contribution in [2.75, 3.05) is 11.9 Å². The first-order valence-corrected chi connectivity index (χ1v) is 8.84. The molecule has 3 aromatic rings. The van der Waals surface area contributed by atoms with Gasteiger partial charge in [0.1, 0.15) is 5.56 Å². The minimum Gasteiger partial charge on any atom is -0.311 e. The summed E-state index contributed by atoms with van der Waals surface area (Å²) in [6.07, 6.45) is 5.52. The Hall–Kier alpha value is -2.47. The summed E-state index contributed by atoms with van der Waals surface area (Å²) in [4.78, 5) is 33.5. The zero-order chi connectivity index (χ0) is 16.7. The van der Waals surface area contributed by atoms with E-state index in [4.69, 9.17) is 0 Å². The average Bonchev–Trinajstić information content (AvgIpc) is 3.01. The highest BCUT2D eigenvalue weighted by atomic mass is 32.1. The molecule has 0 saturated heterocycles. The summed E-state index contributed by atoms with van der Waals surface area (Å²) in [5, 5.41) is 0. The molecule has 2 aromatic heterocycles. The first-order valence-electron chi connectivity index (χ1n) is 8.02. The Labute approximate surface area is 143 Å². The number of benzene rings is 1. The van der Waals surface area contributed by atoms with Crippen molar-refractivity contribution in [2.45, 2.75) is 25.7 Å². The fraction of sp³-hybridized carbons (Fsp3) is 0.278. The van der Waals surface area contributed by atoms with E-state index in [0.29, 0.717) is 4.96 Å². The Morgan fingerprint density at radius 2 is 1.96 bits per heavy atom. The molecule has 24 heavy (non-hydrogen) atoms. The van der Waals surface area contributed by atoms with Gasteiger partial charge in [0, 0.05) is 29.5 Å². The van der Waals surface area contributed by atoms with Gasteiger partial charge in [-0.3, -0.25) is 14.0 Å². The second-order valence-corrected chi connectivity index (χ2v) is 7.04. The molecule has 0 radical (unpaired) electrons. The van der Waals surface area contributed by atoms with E-state index in [2.05, 4.69) is 4.98 Å². The number of amides is 1. The smallest absolute Gasteiger partial charge is 0.271 e. The number of para-hydroxylation sites is 1. The summed E-state index contributed by atoms with van der Waals surface area (Å²) in [6, 6.07) is 9.30. The Morgan fingerprint density at radius 1 is 1.21 bits per heavy atom. The van der Waals surface area contributed by atoms with Crippen LogP contribution in [-0.4, -0.2) is 22.3 Å². The number of rotatable bonds is 2. The molecule has 2 heterocycles. The predicted molar refractivity (Wildman–Crippen MR) is 95.2 cm³/mol. The van der Waals surface area contributed by atoms with Crippen molar-refractivity contribution in [1.29, 1.82) is 0 Å². The zero-order valence-electron chi connectivity index (χ0n) is 13.4. The molecular formula is C18H17N3O2S. The molecule has 1 amide bonds. The highest BCUT2D eigenvalue weighted by Crippen LogP contribution is 2.28. The van der Waals surface area contributed by atoms with E-state index in [0.717, 1.165) is 37.1 Å². The van der Waals surface area contributed by atoms with Crippen molar-refractivity contribution in [3.8, 4) is 0 Å². The van der Waals surface area contributed by atoms with Gasteiger partial charge in [-0.25, -0.2) is 4.98 Å². The van der Waals surface area contributed by atoms with E-state index in [1.54, 1.807) is 22.8 Å². The SMILES string of the molecule is CN(C(=O)c1cnc2sc3c(n2c1=O)CCCC3)c1ccccc1. The van der Waals surface area contributed by atoms with Crippen LogP contribution in [0, 0.1) is 0 Å². The van der Waals surface area contributed by atoms with Gasteiger partial charge < -0.3 is 4.90 Å². The quantitative estimate of drug-likeness (QED) is 0.721. The molecule has 0 saturated carbocycles. The lowest BCUT2D eigenvalue weighted by atomic mass is 10.0. The molecule has 1 aromatic carbocycles. The molecule has 0 fully saturated rings. The van der Waals surface area contributed by atoms with E-state index in [1.807, 2.05) is 30.3 Å². The van der Waals surface area contributed by atoms with E-state index < -0.39 is 0 Å². The van der Waals surface area contributed by atoms with Crippen LogP contribution in [0.5, 0.6) is 0 Å². The van der Waals surface area contributed by atoms with Gasteiger partial charge in [-0.1, -0.05) is 18.2 Å². The molecule has 0 bridgehead atoms. The summed E-state index contributed by atoms with van der Waals surface area (Å²) >= 11 is 1.57. The molecule has 4 rings (SSSR count). The molecule has 0 spiro atoms. The Bertz CT molecular complexity index is 975. The number of aryl methyl sites for hydroxylation is 2. The van der Waals surface area contributed by atoms with Gasteiger partial charge in [0.15, 0.2) is 4.96 Å². The van der Waals surface area contributed by atoms with Crippen LogP contribution < -0.4 is 10.5 Å². The normalized spacial score (nSPS) is 13.7. The summed E-state index contributed by atoms with van der Waals surface area (Å²) in [7, 11) is 1.68. The largest absolute Gasteiger partial charge is 0.311 e. The van der Waals surface area contributed by atoms with Gasteiger partial charge in [0.05, 0.1) is 0 Å². The maximum atomic E-state index is 12.9. The van der Waals surface area contributed by atoms with Crippen LogP contribution in [-0.2, 0) is 12.8 Å². The number of nitrogens with zero attached hydrogens (tertiary/aromatic N) is 3. The van der Waals surface area contributed by atoms with Crippen LogP contribution in [0.15, 0.2) is 41.3 Å². The summed E-state index contributed by atoms with van der Waals surface area (Å²) in [6.45, 7) is 0. The Kier molecular flexibility index (Phi) is 3.69. The summed E-state index contributed by atoms with van der Waals surface area (Å²) in [5.41, 5.74) is 1.65. The number of aromatic nitrogens is 2. The molecule has 1 aliphatic carbocycles. The topological polar surface area (TPSA) is 54.7 Å². The molecule has 0 aliphatic heterocycles. The fourth-order valence-electron chi connectivity index (χ4n) is 3.16. The Morgan fingerprint density at radius 3 is 2.75 bits per heavy atom. The van der Waals surface area contributed by atoms with Crippen LogP contribution >= 0.6 is 11.3 Å². The maximum absolute atomic E-state index is 12.9. The molecule has 5 nitrogen and oxygen atoms in total. The third kappa shape index (κ3) is 2.34. The number of thiazole rings is 1. The van der Waals surface area contributed by atoms with Crippen molar-refractivity contribution < 1.29 is 4.79 Å². The molecule has 0 atom stereocenters. The lowest BCUT2D eigenvalue weighted by Crippen LogP contribution is -2.33. The van der Waals surface area contributed by atoms with Crippen LogP contribution in [0.2, 0.25) is 0 Å². The number of carbonyl (C=O) groups excluding carboxylic acids is 1. The van der Waals surface area contributed by atoms with Crippen molar-refractivity contribution in [1.82, 2.24) is 9.38 Å². The highest BCUT2D eigenvalue weighted by molar-refractivity contribution is 7.17. The van der Waals surface area contributed by atoms with E-state index in [-0.39, 0.29) is 17.0 Å². The van der Waals surface area contributed by atoms with Crippen molar-refractivity contribution in [2.24, 2.45) is 0 Å². The molecular weight excluding hydrogens is 322 g/mol. The lowest BCUT2D eigenvalue weighted by Gasteiger charge is -2.17. The molecule has 122 valence electrons. The second-order valence-electron chi connectivity index (χ2n) is 5.97. The maximum Gasteiger partial charge on any atom is 0.271 e. The second kappa shape index (κ2) is 5.87. The number of carbonyl (C=O) groups is 1. The summed E-state index contributed by atoms with van der Waals surface area (Å²) in [5.74, 6) is -0.330. The highest BCUT2D eigenvalue weighted by Gasteiger charge is 2.23. The van der Waals surface area contributed by atoms with Gasteiger partial charge in [-0.15, -0.1) is 11.3 Å². The zero-order valence-corrected chi connectivity index (χ0v) is 14.2. The first-order chi connectivity index (χ1) is 11.7. The van der Waals surface area contributed by atoms with Gasteiger partial charge in [0.2, 0.25) is 0 Å². The monoisotopic (exact) mass is 339 g/mol. The van der Waals surface area contributed by atoms with E-state index >= 15 is 0 Å². The lowest BCUT2D eigenvalue weighted by molar-refractivity contribution is 0.0991. The van der Waals surface area contributed by atoms with Gasteiger partial charge >= 0.3 is 0 Å². The van der Waals surface area contributed by atoms with Crippen LogP contribution in [0.1, 0.15) is 33.8 Å². The number of anilines is 1. The van der Waals surface area contributed by atoms with Gasteiger partial charge in [-0.05, 0) is 37.8 Å². The van der Waals surface area contributed by atoms with E-state index in [9.17, 15) is 9.59 Å².